The van der Waals surface area contributed by atoms with Crippen LogP contribution in [0.25, 0.3) is 16.3 Å². The van der Waals surface area contributed by atoms with Crippen LogP contribution in [0.15, 0.2) is 47.8 Å². The van der Waals surface area contributed by atoms with E-state index in [0.717, 1.165) is 32.2 Å². The van der Waals surface area contributed by atoms with Gasteiger partial charge in [-0.15, -0.1) is 11.3 Å². The minimum Gasteiger partial charge on any atom is -0.304 e. The average Bonchev–Trinajstić information content (AvgIpc) is 3.39. The smallest absolute Gasteiger partial charge is 0.304 e. The van der Waals surface area contributed by atoms with Gasteiger partial charge < -0.3 is 4.90 Å². The van der Waals surface area contributed by atoms with Crippen LogP contribution in [0.1, 0.15) is 16.1 Å². The lowest BCUT2D eigenvalue weighted by atomic mass is 10.2. The predicted molar refractivity (Wildman–Crippen MR) is 108 cm³/mol. The highest BCUT2D eigenvalue weighted by molar-refractivity contribution is 7.13. The van der Waals surface area contributed by atoms with Crippen molar-refractivity contribution in [3.05, 3.63) is 59.1 Å². The van der Waals surface area contributed by atoms with Gasteiger partial charge in [-0.3, -0.25) is 10.2 Å². The number of rotatable bonds is 4. The molecule has 3 aromatic rings. The number of alkyl halides is 3. The van der Waals surface area contributed by atoms with E-state index in [2.05, 4.69) is 15.4 Å². The van der Waals surface area contributed by atoms with Crippen molar-refractivity contribution in [3.8, 4) is 16.3 Å². The molecule has 10 heteroatoms. The Labute approximate surface area is 175 Å². The number of nitrogens with zero attached hydrogens (tertiary/aromatic N) is 4. The predicted octanol–water partition coefficient (Wildman–Crippen LogP) is 3.51. The average molecular weight is 435 g/mol. The maximum absolute atomic E-state index is 13.2. The second-order valence-electron chi connectivity index (χ2n) is 7.08. The number of aromatic nitrogens is 2. The number of benzene rings is 1. The summed E-state index contributed by atoms with van der Waals surface area (Å²) in [6, 6.07) is 10.9. The van der Waals surface area contributed by atoms with E-state index in [1.807, 2.05) is 12.1 Å². The van der Waals surface area contributed by atoms with Crippen LogP contribution in [0.5, 0.6) is 0 Å². The van der Waals surface area contributed by atoms with Gasteiger partial charge in [0.15, 0.2) is 5.69 Å². The van der Waals surface area contributed by atoms with E-state index in [1.54, 1.807) is 41.8 Å². The number of piperazine rings is 1. The van der Waals surface area contributed by atoms with Crippen molar-refractivity contribution in [1.29, 1.82) is 0 Å². The van der Waals surface area contributed by atoms with Gasteiger partial charge in [0.1, 0.15) is 0 Å². The number of carbonyl (C=O) groups excluding carboxylic acids is 1. The van der Waals surface area contributed by atoms with Crippen molar-refractivity contribution in [2.24, 2.45) is 0 Å². The number of nitrogens with one attached hydrogen (secondary N) is 1. The van der Waals surface area contributed by atoms with E-state index in [0.29, 0.717) is 21.8 Å². The summed E-state index contributed by atoms with van der Waals surface area (Å²) in [6.07, 6.45) is -4.54. The third-order valence-corrected chi connectivity index (χ3v) is 5.80. The topological polar surface area (TPSA) is 53.4 Å². The lowest BCUT2D eigenvalue weighted by Gasteiger charge is -2.32. The van der Waals surface area contributed by atoms with Gasteiger partial charge in [0.25, 0.3) is 5.91 Å². The van der Waals surface area contributed by atoms with Crippen LogP contribution in [-0.4, -0.2) is 58.8 Å². The first-order chi connectivity index (χ1) is 14.3. The molecule has 1 fully saturated rings. The van der Waals surface area contributed by atoms with Gasteiger partial charge in [-0.1, -0.05) is 6.07 Å². The molecular weight excluding hydrogens is 415 g/mol. The summed E-state index contributed by atoms with van der Waals surface area (Å²) in [5.74, 6) is -0.249. The largest absolute Gasteiger partial charge is 0.435 e. The van der Waals surface area contributed by atoms with Crippen LogP contribution in [0.3, 0.4) is 0 Å². The van der Waals surface area contributed by atoms with Crippen LogP contribution in [-0.2, 0) is 6.18 Å². The zero-order valence-corrected chi connectivity index (χ0v) is 17.0. The van der Waals surface area contributed by atoms with Crippen LogP contribution in [0, 0.1) is 0 Å². The number of thiophene rings is 1. The highest BCUT2D eigenvalue weighted by atomic mass is 32.1. The molecule has 1 N–H and O–H groups in total. The first kappa shape index (κ1) is 20.6. The van der Waals surface area contributed by atoms with E-state index in [-0.39, 0.29) is 5.91 Å². The van der Waals surface area contributed by atoms with E-state index in [9.17, 15) is 18.0 Å². The first-order valence-corrected chi connectivity index (χ1v) is 10.3. The van der Waals surface area contributed by atoms with Crippen LogP contribution in [0.2, 0.25) is 0 Å². The molecule has 2 aromatic heterocycles. The molecule has 0 saturated carbocycles. The third-order valence-electron chi connectivity index (χ3n) is 4.91. The summed E-state index contributed by atoms with van der Waals surface area (Å²) in [4.78, 5) is 15.4. The molecule has 6 nitrogen and oxygen atoms in total. The Morgan fingerprint density at radius 1 is 1.10 bits per heavy atom. The Kier molecular flexibility index (Phi) is 5.63. The Morgan fingerprint density at radius 2 is 1.80 bits per heavy atom. The number of carbonyl (C=O) groups is 1. The van der Waals surface area contributed by atoms with Crippen molar-refractivity contribution in [2.75, 3.05) is 33.2 Å². The summed E-state index contributed by atoms with van der Waals surface area (Å²) in [5, 5.41) is 7.43. The highest BCUT2D eigenvalue weighted by Crippen LogP contribution is 2.34. The number of hydrogen-bond donors (Lipinski definition) is 1. The van der Waals surface area contributed by atoms with Crippen molar-refractivity contribution in [1.82, 2.24) is 25.1 Å². The molecule has 1 aromatic carbocycles. The molecule has 158 valence electrons. The molecule has 0 aliphatic carbocycles. The number of hydrogen-bond acceptors (Lipinski definition) is 5. The van der Waals surface area contributed by atoms with E-state index in [1.165, 1.54) is 16.0 Å². The molecule has 0 unspecified atom stereocenters. The lowest BCUT2D eigenvalue weighted by molar-refractivity contribution is -0.141. The maximum atomic E-state index is 13.2. The Bertz CT molecular complexity index is 1010. The lowest BCUT2D eigenvalue weighted by Crippen LogP contribution is -2.52. The molecule has 30 heavy (non-hydrogen) atoms. The first-order valence-electron chi connectivity index (χ1n) is 9.37. The van der Waals surface area contributed by atoms with Gasteiger partial charge in [-0.05, 0) is 48.8 Å². The van der Waals surface area contributed by atoms with Crippen molar-refractivity contribution in [2.45, 2.75) is 6.18 Å². The summed E-state index contributed by atoms with van der Waals surface area (Å²) >= 11 is 1.34. The number of likely N-dealkylation sites (N-methyl/N-ethyl adjacent to an activating group) is 1. The Balaban J connectivity index is 1.57. The second kappa shape index (κ2) is 8.21. The quantitative estimate of drug-likeness (QED) is 0.682. The molecule has 1 aliphatic heterocycles. The molecular formula is C20H20F3N5OS. The Morgan fingerprint density at radius 3 is 2.40 bits per heavy atom. The van der Waals surface area contributed by atoms with Gasteiger partial charge in [-0.2, -0.15) is 18.3 Å². The maximum Gasteiger partial charge on any atom is 0.435 e. The number of amides is 1. The molecule has 1 amide bonds. The minimum atomic E-state index is -4.54. The molecule has 1 saturated heterocycles. The van der Waals surface area contributed by atoms with Gasteiger partial charge in [0.05, 0.1) is 16.3 Å². The fourth-order valence-corrected chi connectivity index (χ4v) is 3.92. The summed E-state index contributed by atoms with van der Waals surface area (Å²) in [5.41, 5.74) is 3.15. The second-order valence-corrected chi connectivity index (χ2v) is 8.03. The summed E-state index contributed by atoms with van der Waals surface area (Å²) in [7, 11) is 2.03. The van der Waals surface area contributed by atoms with Gasteiger partial charge >= 0.3 is 6.18 Å². The van der Waals surface area contributed by atoms with Crippen LogP contribution < -0.4 is 5.43 Å². The Hall–Kier alpha value is -2.69. The van der Waals surface area contributed by atoms with Gasteiger partial charge in [-0.25, -0.2) is 9.69 Å². The molecule has 4 rings (SSSR count). The minimum absolute atomic E-state index is 0.249. The highest BCUT2D eigenvalue weighted by Gasteiger charge is 2.35. The summed E-state index contributed by atoms with van der Waals surface area (Å²) in [6.45, 7) is 3.20. The standard InChI is InChI=1S/C20H20F3N5OS/c1-26-8-10-27(11-9-26)25-19(29)14-4-6-15(7-5-14)28-16(17-3-2-12-30-17)13-18(24-28)20(21,22)23/h2-7,12-13H,8-11H2,1H3,(H,25,29). The monoisotopic (exact) mass is 435 g/mol. The zero-order chi connectivity index (χ0) is 21.3. The molecule has 0 bridgehead atoms. The molecule has 3 heterocycles. The summed E-state index contributed by atoms with van der Waals surface area (Å²) < 4.78 is 40.9. The van der Waals surface area contributed by atoms with E-state index < -0.39 is 11.9 Å². The molecule has 0 radical (unpaired) electrons. The van der Waals surface area contributed by atoms with Crippen LogP contribution >= 0.6 is 11.3 Å². The van der Waals surface area contributed by atoms with Crippen molar-refractivity contribution >= 4 is 17.2 Å². The number of hydrazine groups is 1. The zero-order valence-electron chi connectivity index (χ0n) is 16.2. The fourth-order valence-electron chi connectivity index (χ4n) is 3.20. The molecule has 0 spiro atoms. The molecule has 1 aliphatic rings. The normalized spacial score (nSPS) is 16.0. The van der Waals surface area contributed by atoms with Crippen LogP contribution in [0.4, 0.5) is 13.2 Å². The van der Waals surface area contributed by atoms with Gasteiger partial charge in [0.2, 0.25) is 0 Å². The third kappa shape index (κ3) is 4.40. The van der Waals surface area contributed by atoms with Crippen molar-refractivity contribution in [3.63, 3.8) is 0 Å². The van der Waals surface area contributed by atoms with Gasteiger partial charge in [0, 0.05) is 31.7 Å². The van der Waals surface area contributed by atoms with Crippen molar-refractivity contribution < 1.29 is 18.0 Å². The fraction of sp³-hybridized carbons (Fsp3) is 0.300. The number of halogens is 3. The SMILES string of the molecule is CN1CCN(NC(=O)c2ccc(-n3nc(C(F)(F)F)cc3-c3cccs3)cc2)CC1. The molecule has 0 atom stereocenters. The van der Waals surface area contributed by atoms with E-state index >= 15 is 0 Å². The van der Waals surface area contributed by atoms with E-state index in [4.69, 9.17) is 0 Å².